The first-order valence-corrected chi connectivity index (χ1v) is 6.99. The van der Waals surface area contributed by atoms with Gasteiger partial charge in [0, 0.05) is 17.9 Å². The number of hydrogen-bond acceptors (Lipinski definition) is 3. The van der Waals surface area contributed by atoms with Crippen molar-refractivity contribution in [2.24, 2.45) is 11.8 Å². The molecule has 21 heavy (non-hydrogen) atoms. The normalized spacial score (nSPS) is 13.4. The molecule has 0 saturated heterocycles. The van der Waals surface area contributed by atoms with E-state index in [-0.39, 0.29) is 25.0 Å². The van der Waals surface area contributed by atoms with E-state index in [2.05, 4.69) is 0 Å². The molecule has 5 nitrogen and oxygen atoms in total. The Kier molecular flexibility index (Phi) is 6.59. The molecule has 2 atom stereocenters. The van der Waals surface area contributed by atoms with Crippen LogP contribution in [0.15, 0.2) is 30.3 Å². The van der Waals surface area contributed by atoms with Crippen LogP contribution in [0.25, 0.3) is 0 Å². The third-order valence-electron chi connectivity index (χ3n) is 3.55. The van der Waals surface area contributed by atoms with Gasteiger partial charge in [-0.1, -0.05) is 37.3 Å². The lowest BCUT2D eigenvalue weighted by atomic mass is 9.84. The fraction of sp³-hybridized carbons (Fsp3) is 0.438. The predicted molar refractivity (Wildman–Crippen MR) is 77.2 cm³/mol. The molecule has 0 heterocycles. The molecule has 1 aromatic rings. The quantitative estimate of drug-likeness (QED) is 0.683. The highest BCUT2D eigenvalue weighted by molar-refractivity contribution is 5.98. The highest BCUT2D eigenvalue weighted by Gasteiger charge is 2.27. The molecule has 1 aromatic carbocycles. The molecule has 0 amide bonds. The van der Waals surface area contributed by atoms with Gasteiger partial charge < -0.3 is 10.2 Å². The molecule has 0 saturated carbocycles. The van der Waals surface area contributed by atoms with Gasteiger partial charge in [-0.3, -0.25) is 14.4 Å². The van der Waals surface area contributed by atoms with E-state index in [1.165, 1.54) is 0 Å². The molecular weight excluding hydrogens is 272 g/mol. The lowest BCUT2D eigenvalue weighted by Crippen LogP contribution is -2.23. The maximum Gasteiger partial charge on any atom is 0.306 e. The summed E-state index contributed by atoms with van der Waals surface area (Å²) < 4.78 is 0. The predicted octanol–water partition coefficient (Wildman–Crippen LogP) is 2.85. The van der Waals surface area contributed by atoms with Crippen LogP contribution in [0.2, 0.25) is 0 Å². The van der Waals surface area contributed by atoms with Gasteiger partial charge in [-0.05, 0) is 19.3 Å². The minimum atomic E-state index is -0.982. The number of carboxylic acid groups (broad SMARTS) is 2. The van der Waals surface area contributed by atoms with Gasteiger partial charge in [0.2, 0.25) is 0 Å². The van der Waals surface area contributed by atoms with Gasteiger partial charge in [-0.15, -0.1) is 0 Å². The monoisotopic (exact) mass is 292 g/mol. The topological polar surface area (TPSA) is 91.7 Å². The number of carboxylic acids is 2. The molecule has 0 fully saturated rings. The van der Waals surface area contributed by atoms with E-state index in [9.17, 15) is 14.4 Å². The lowest BCUT2D eigenvalue weighted by molar-refractivity contribution is -0.142. The van der Waals surface area contributed by atoms with Crippen LogP contribution in [0.3, 0.4) is 0 Å². The van der Waals surface area contributed by atoms with Gasteiger partial charge in [-0.2, -0.15) is 0 Å². The van der Waals surface area contributed by atoms with Gasteiger partial charge in [-0.25, -0.2) is 0 Å². The van der Waals surface area contributed by atoms with Crippen LogP contribution in [-0.2, 0) is 9.59 Å². The smallest absolute Gasteiger partial charge is 0.306 e. The molecule has 0 aliphatic carbocycles. The van der Waals surface area contributed by atoms with E-state index in [1.54, 1.807) is 37.3 Å². The molecule has 5 heteroatoms. The summed E-state index contributed by atoms with van der Waals surface area (Å²) in [5.41, 5.74) is 0.494. The van der Waals surface area contributed by atoms with E-state index >= 15 is 0 Å². The van der Waals surface area contributed by atoms with Crippen molar-refractivity contribution in [1.82, 2.24) is 0 Å². The van der Waals surface area contributed by atoms with E-state index in [0.29, 0.717) is 12.0 Å². The Morgan fingerprint density at radius 1 is 1.05 bits per heavy atom. The second kappa shape index (κ2) is 8.19. The minimum absolute atomic E-state index is 0.140. The van der Waals surface area contributed by atoms with Gasteiger partial charge in [0.1, 0.15) is 0 Å². The Bertz CT molecular complexity index is 495. The number of rotatable bonds is 9. The summed E-state index contributed by atoms with van der Waals surface area (Å²) in [6.07, 6.45) is 0.611. The lowest BCUT2D eigenvalue weighted by Gasteiger charge is -2.19. The molecule has 0 aliphatic heterocycles. The molecule has 0 bridgehead atoms. The van der Waals surface area contributed by atoms with E-state index in [1.807, 2.05) is 0 Å². The van der Waals surface area contributed by atoms with Crippen LogP contribution in [0.4, 0.5) is 0 Å². The van der Waals surface area contributed by atoms with Crippen molar-refractivity contribution in [3.8, 4) is 0 Å². The first-order chi connectivity index (χ1) is 9.95. The molecule has 0 aromatic heterocycles. The van der Waals surface area contributed by atoms with E-state index < -0.39 is 23.8 Å². The van der Waals surface area contributed by atoms with Crippen LogP contribution >= 0.6 is 0 Å². The summed E-state index contributed by atoms with van der Waals surface area (Å²) >= 11 is 0. The van der Waals surface area contributed by atoms with Crippen molar-refractivity contribution < 1.29 is 24.6 Å². The van der Waals surface area contributed by atoms with Gasteiger partial charge >= 0.3 is 11.9 Å². The number of Topliss-reactive ketones (excluding diaryl/α,β-unsaturated/α-hetero) is 1. The summed E-state index contributed by atoms with van der Waals surface area (Å²) in [4.78, 5) is 34.3. The fourth-order valence-electron chi connectivity index (χ4n) is 2.28. The summed E-state index contributed by atoms with van der Waals surface area (Å²) in [5.74, 6) is -3.32. The zero-order chi connectivity index (χ0) is 15.8. The Labute approximate surface area is 123 Å². The summed E-state index contributed by atoms with van der Waals surface area (Å²) in [6.45, 7) is 1.75. The highest BCUT2D eigenvalue weighted by Crippen LogP contribution is 2.24. The molecule has 2 unspecified atom stereocenters. The van der Waals surface area contributed by atoms with Crippen LogP contribution in [0.5, 0.6) is 0 Å². The Morgan fingerprint density at radius 2 is 1.67 bits per heavy atom. The van der Waals surface area contributed by atoms with Crippen LogP contribution in [0.1, 0.15) is 43.0 Å². The second-order valence-electron chi connectivity index (χ2n) is 5.04. The van der Waals surface area contributed by atoms with Crippen molar-refractivity contribution in [2.75, 3.05) is 0 Å². The third-order valence-corrected chi connectivity index (χ3v) is 3.55. The van der Waals surface area contributed by atoms with Gasteiger partial charge in [0.25, 0.3) is 0 Å². The van der Waals surface area contributed by atoms with Crippen LogP contribution in [0, 0.1) is 11.8 Å². The summed E-state index contributed by atoms with van der Waals surface area (Å²) in [7, 11) is 0. The molecule has 2 N–H and O–H groups in total. The first-order valence-electron chi connectivity index (χ1n) is 6.99. The summed E-state index contributed by atoms with van der Waals surface area (Å²) in [5, 5.41) is 17.9. The zero-order valence-electron chi connectivity index (χ0n) is 12.0. The van der Waals surface area contributed by atoms with Crippen LogP contribution in [-0.4, -0.2) is 27.9 Å². The van der Waals surface area contributed by atoms with E-state index in [0.717, 1.165) is 0 Å². The number of benzene rings is 1. The van der Waals surface area contributed by atoms with Crippen LogP contribution < -0.4 is 0 Å². The number of carbonyl (C=O) groups is 3. The average Bonchev–Trinajstić information content (AvgIpc) is 2.47. The van der Waals surface area contributed by atoms with Crippen molar-refractivity contribution in [3.63, 3.8) is 0 Å². The largest absolute Gasteiger partial charge is 0.481 e. The summed E-state index contributed by atoms with van der Waals surface area (Å²) in [6, 6.07) is 8.58. The minimum Gasteiger partial charge on any atom is -0.481 e. The first kappa shape index (κ1) is 16.9. The second-order valence-corrected chi connectivity index (χ2v) is 5.04. The van der Waals surface area contributed by atoms with Gasteiger partial charge in [0.05, 0.1) is 5.92 Å². The maximum absolute atomic E-state index is 12.4. The van der Waals surface area contributed by atoms with Crippen molar-refractivity contribution in [2.45, 2.75) is 32.6 Å². The van der Waals surface area contributed by atoms with Gasteiger partial charge in [0.15, 0.2) is 5.78 Å². The maximum atomic E-state index is 12.4. The molecule has 0 spiro atoms. The number of aliphatic carboxylic acids is 2. The zero-order valence-corrected chi connectivity index (χ0v) is 12.0. The molecule has 1 rings (SSSR count). The molecule has 0 radical (unpaired) electrons. The number of ketones is 1. The standard InChI is InChI=1S/C16H20O5/c1-2-11(16(20)21)10-13(8-9-14(17)18)15(19)12-6-4-3-5-7-12/h3-7,11,13H,2,8-10H2,1H3,(H,17,18)(H,20,21). The SMILES string of the molecule is CCC(CC(CCC(=O)O)C(=O)c1ccccc1)C(=O)O. The fourth-order valence-corrected chi connectivity index (χ4v) is 2.28. The Morgan fingerprint density at radius 3 is 2.14 bits per heavy atom. The Hall–Kier alpha value is -2.17. The van der Waals surface area contributed by atoms with E-state index in [4.69, 9.17) is 10.2 Å². The molecule has 0 aliphatic rings. The number of carbonyl (C=O) groups excluding carboxylic acids is 1. The van der Waals surface area contributed by atoms with Crippen molar-refractivity contribution in [1.29, 1.82) is 0 Å². The third kappa shape index (κ3) is 5.38. The van der Waals surface area contributed by atoms with Crippen molar-refractivity contribution in [3.05, 3.63) is 35.9 Å². The average molecular weight is 292 g/mol. The molecule has 114 valence electrons. The number of hydrogen-bond donors (Lipinski definition) is 2. The highest BCUT2D eigenvalue weighted by atomic mass is 16.4. The molecular formula is C16H20O5. The van der Waals surface area contributed by atoms with Crippen molar-refractivity contribution >= 4 is 17.7 Å². The Balaban J connectivity index is 2.88.